The Kier molecular flexibility index (Phi) is 8.34. The highest BCUT2D eigenvalue weighted by Crippen LogP contribution is 2.40. The van der Waals surface area contributed by atoms with Crippen molar-refractivity contribution in [2.75, 3.05) is 13.2 Å². The van der Waals surface area contributed by atoms with Crippen LogP contribution in [0.4, 0.5) is 0 Å². The molecule has 0 aromatic heterocycles. The standard InChI is InChI=1S/C20H30Cl2N2O2S/c1-6-9-26-18-12-17(22)16(21)11-15(18)19(24-27(25)20(3,4)5)14-7-8-23-13(2)10-14/h6,11-14,19,23-24H,1,7-10H2,2-5H3/t13?,14?,19?,27-/m0/s1. The Bertz CT molecular complexity index is 652. The van der Waals surface area contributed by atoms with Gasteiger partial charge in [-0.1, -0.05) is 35.9 Å². The zero-order valence-corrected chi connectivity index (χ0v) is 18.8. The fourth-order valence-corrected chi connectivity index (χ4v) is 4.47. The minimum absolute atomic E-state index is 0.149. The first-order valence-electron chi connectivity index (χ1n) is 9.27. The maximum Gasteiger partial charge on any atom is 0.136 e. The van der Waals surface area contributed by atoms with Crippen molar-refractivity contribution in [2.24, 2.45) is 5.92 Å². The van der Waals surface area contributed by atoms with E-state index in [1.807, 2.05) is 26.8 Å². The minimum Gasteiger partial charge on any atom is -0.598 e. The lowest BCUT2D eigenvalue weighted by molar-refractivity contribution is 0.258. The molecular weight excluding hydrogens is 403 g/mol. The number of piperidine rings is 1. The molecule has 0 saturated carbocycles. The van der Waals surface area contributed by atoms with Gasteiger partial charge in [-0.2, -0.15) is 0 Å². The van der Waals surface area contributed by atoms with Crippen molar-refractivity contribution in [3.63, 3.8) is 0 Å². The lowest BCUT2D eigenvalue weighted by atomic mass is 9.83. The zero-order valence-electron chi connectivity index (χ0n) is 16.5. The Morgan fingerprint density at radius 1 is 1.41 bits per heavy atom. The van der Waals surface area contributed by atoms with E-state index in [0.717, 1.165) is 24.9 Å². The molecular formula is C20H30Cl2N2O2S. The molecule has 1 heterocycles. The topological polar surface area (TPSA) is 56.3 Å². The number of hydrogen-bond acceptors (Lipinski definition) is 4. The van der Waals surface area contributed by atoms with Crippen molar-refractivity contribution < 1.29 is 9.29 Å². The van der Waals surface area contributed by atoms with Crippen molar-refractivity contribution in [2.45, 2.75) is 57.4 Å². The second-order valence-electron chi connectivity index (χ2n) is 8.02. The molecule has 1 aromatic carbocycles. The predicted molar refractivity (Wildman–Crippen MR) is 116 cm³/mol. The Balaban J connectivity index is 2.45. The molecule has 1 fully saturated rings. The van der Waals surface area contributed by atoms with E-state index >= 15 is 0 Å². The molecule has 4 nitrogen and oxygen atoms in total. The average molecular weight is 433 g/mol. The first kappa shape index (κ1) is 22.9. The second kappa shape index (κ2) is 9.86. The van der Waals surface area contributed by atoms with Crippen LogP contribution in [0.3, 0.4) is 0 Å². The first-order chi connectivity index (χ1) is 12.6. The highest BCUT2D eigenvalue weighted by Gasteiger charge is 2.36. The fourth-order valence-electron chi connectivity index (χ4n) is 3.24. The molecule has 2 N–H and O–H groups in total. The number of rotatable bonds is 7. The van der Waals surface area contributed by atoms with E-state index in [1.165, 1.54) is 0 Å². The molecule has 1 aliphatic heterocycles. The smallest absolute Gasteiger partial charge is 0.136 e. The molecule has 27 heavy (non-hydrogen) atoms. The summed E-state index contributed by atoms with van der Waals surface area (Å²) in [6, 6.07) is 3.83. The quantitative estimate of drug-likeness (QED) is 0.467. The molecule has 4 atom stereocenters. The Hall–Kier alpha value is -0.430. The monoisotopic (exact) mass is 432 g/mol. The van der Waals surface area contributed by atoms with Crippen LogP contribution in [0, 0.1) is 5.92 Å². The normalized spacial score (nSPS) is 22.9. The summed E-state index contributed by atoms with van der Waals surface area (Å²) in [5.74, 6) is 0.953. The van der Waals surface area contributed by atoms with Crippen LogP contribution in [0.25, 0.3) is 0 Å². The maximum atomic E-state index is 12.9. The van der Waals surface area contributed by atoms with E-state index in [2.05, 4.69) is 23.5 Å². The van der Waals surface area contributed by atoms with E-state index in [4.69, 9.17) is 27.9 Å². The lowest BCUT2D eigenvalue weighted by Crippen LogP contribution is -2.46. The molecule has 0 spiro atoms. The number of nitrogens with one attached hydrogen (secondary N) is 2. The Morgan fingerprint density at radius 2 is 2.07 bits per heavy atom. The third kappa shape index (κ3) is 6.28. The third-order valence-corrected chi connectivity index (χ3v) is 6.97. The van der Waals surface area contributed by atoms with Gasteiger partial charge in [0.15, 0.2) is 0 Å². The summed E-state index contributed by atoms with van der Waals surface area (Å²) < 4.78 is 21.8. The van der Waals surface area contributed by atoms with Gasteiger partial charge in [0.2, 0.25) is 0 Å². The molecule has 7 heteroatoms. The van der Waals surface area contributed by atoms with Gasteiger partial charge in [-0.3, -0.25) is 0 Å². The SMILES string of the molecule is C=CCOc1cc(Cl)c(Cl)cc1C(N[S@@+]([O-])C(C)(C)C)C1CCNC(C)C1. The van der Waals surface area contributed by atoms with Gasteiger partial charge in [-0.15, -0.1) is 4.72 Å². The molecule has 2 rings (SSSR count). The number of hydrogen-bond donors (Lipinski definition) is 2. The molecule has 1 aliphatic rings. The average Bonchev–Trinajstić information content (AvgIpc) is 2.59. The van der Waals surface area contributed by atoms with E-state index < -0.39 is 11.4 Å². The van der Waals surface area contributed by atoms with Crippen molar-refractivity contribution in [3.8, 4) is 5.75 Å². The van der Waals surface area contributed by atoms with Gasteiger partial charge < -0.3 is 14.6 Å². The molecule has 1 saturated heterocycles. The van der Waals surface area contributed by atoms with Crippen LogP contribution in [0.15, 0.2) is 24.8 Å². The molecule has 0 bridgehead atoms. The van der Waals surface area contributed by atoms with Crippen LogP contribution in [0.5, 0.6) is 5.75 Å². The van der Waals surface area contributed by atoms with E-state index in [0.29, 0.717) is 34.4 Å². The summed E-state index contributed by atoms with van der Waals surface area (Å²) in [5.41, 5.74) is 0.892. The van der Waals surface area contributed by atoms with Crippen molar-refractivity contribution >= 4 is 34.6 Å². The predicted octanol–water partition coefficient (Wildman–Crippen LogP) is 5.04. The van der Waals surface area contributed by atoms with Gasteiger partial charge in [-0.05, 0) is 59.1 Å². The van der Waals surface area contributed by atoms with Crippen LogP contribution in [0.2, 0.25) is 10.0 Å². The van der Waals surface area contributed by atoms with Gasteiger partial charge in [0.05, 0.1) is 16.1 Å². The van der Waals surface area contributed by atoms with E-state index in [1.54, 1.807) is 12.1 Å². The highest BCUT2D eigenvalue weighted by atomic mass is 35.5. The van der Waals surface area contributed by atoms with Gasteiger partial charge >= 0.3 is 0 Å². The number of benzene rings is 1. The summed E-state index contributed by atoms with van der Waals surface area (Å²) in [5, 5.41) is 4.38. The maximum absolute atomic E-state index is 12.9. The largest absolute Gasteiger partial charge is 0.598 e. The van der Waals surface area contributed by atoms with Gasteiger partial charge in [0, 0.05) is 29.0 Å². The summed E-state index contributed by atoms with van der Waals surface area (Å²) >= 11 is 11.3. The van der Waals surface area contributed by atoms with Gasteiger partial charge in [0.25, 0.3) is 0 Å². The highest BCUT2D eigenvalue weighted by molar-refractivity contribution is 7.90. The minimum atomic E-state index is -1.23. The van der Waals surface area contributed by atoms with E-state index in [-0.39, 0.29) is 10.8 Å². The summed E-state index contributed by atoms with van der Waals surface area (Å²) in [4.78, 5) is 0. The van der Waals surface area contributed by atoms with Crippen molar-refractivity contribution in [3.05, 3.63) is 40.4 Å². The van der Waals surface area contributed by atoms with Crippen LogP contribution in [-0.2, 0) is 11.4 Å². The summed E-state index contributed by atoms with van der Waals surface area (Å²) in [6.07, 6.45) is 3.64. The van der Waals surface area contributed by atoms with Crippen LogP contribution >= 0.6 is 23.2 Å². The number of halogens is 2. The molecule has 0 amide bonds. The van der Waals surface area contributed by atoms with E-state index in [9.17, 15) is 4.55 Å². The molecule has 0 aliphatic carbocycles. The first-order valence-corrected chi connectivity index (χ1v) is 11.2. The van der Waals surface area contributed by atoms with Gasteiger partial charge in [-0.25, -0.2) is 0 Å². The van der Waals surface area contributed by atoms with Crippen LogP contribution in [0.1, 0.15) is 52.1 Å². The number of ether oxygens (including phenoxy) is 1. The molecule has 0 radical (unpaired) electrons. The molecule has 152 valence electrons. The Morgan fingerprint density at radius 3 is 2.67 bits per heavy atom. The van der Waals surface area contributed by atoms with Gasteiger partial charge in [0.1, 0.15) is 17.1 Å². The lowest BCUT2D eigenvalue weighted by Gasteiger charge is -2.37. The molecule has 3 unspecified atom stereocenters. The molecule has 1 aromatic rings. The van der Waals surface area contributed by atoms with Crippen molar-refractivity contribution in [1.82, 2.24) is 10.0 Å². The summed E-state index contributed by atoms with van der Waals surface area (Å²) in [6.45, 7) is 13.1. The zero-order chi connectivity index (χ0) is 20.2. The van der Waals surface area contributed by atoms with Crippen LogP contribution in [-0.4, -0.2) is 28.5 Å². The van der Waals surface area contributed by atoms with Crippen molar-refractivity contribution in [1.29, 1.82) is 0 Å². The summed E-state index contributed by atoms with van der Waals surface area (Å²) in [7, 11) is 0. The Labute approximate surface area is 176 Å². The van der Waals surface area contributed by atoms with Crippen LogP contribution < -0.4 is 14.8 Å². The third-order valence-electron chi connectivity index (χ3n) is 4.67. The second-order valence-corrected chi connectivity index (χ2v) is 10.8. The fraction of sp³-hybridized carbons (Fsp3) is 0.600.